The lowest BCUT2D eigenvalue weighted by atomic mass is 9.98. The van der Waals surface area contributed by atoms with Gasteiger partial charge in [-0.25, -0.2) is 8.78 Å². The number of hydrogen-bond acceptors (Lipinski definition) is 3. The SMILES string of the molecule is O=C(C[C@H]1CNC[C@H]1O)c1cc2cc(Cl)c(F)c(F)c2[nH]1. The summed E-state index contributed by atoms with van der Waals surface area (Å²) >= 11 is 5.58. The van der Waals surface area contributed by atoms with Crippen molar-refractivity contribution in [1.82, 2.24) is 10.3 Å². The molecule has 112 valence electrons. The fraction of sp³-hybridized carbons (Fsp3) is 0.357. The molecule has 0 saturated carbocycles. The van der Waals surface area contributed by atoms with Crippen LogP contribution in [0.15, 0.2) is 12.1 Å². The highest BCUT2D eigenvalue weighted by molar-refractivity contribution is 6.31. The first-order valence-corrected chi connectivity index (χ1v) is 6.93. The maximum atomic E-state index is 13.8. The van der Waals surface area contributed by atoms with Crippen molar-refractivity contribution in [3.63, 3.8) is 0 Å². The van der Waals surface area contributed by atoms with Gasteiger partial charge in [0.25, 0.3) is 0 Å². The number of carbonyl (C=O) groups excluding carboxylic acids is 1. The minimum Gasteiger partial charge on any atom is -0.391 e. The van der Waals surface area contributed by atoms with E-state index in [9.17, 15) is 18.7 Å². The van der Waals surface area contributed by atoms with Crippen LogP contribution in [0.4, 0.5) is 8.78 Å². The lowest BCUT2D eigenvalue weighted by Gasteiger charge is -2.11. The predicted molar refractivity (Wildman–Crippen MR) is 74.5 cm³/mol. The second-order valence-corrected chi connectivity index (χ2v) is 5.65. The summed E-state index contributed by atoms with van der Waals surface area (Å²) in [6.45, 7) is 1.02. The Morgan fingerprint density at radius 3 is 2.76 bits per heavy atom. The molecule has 0 bridgehead atoms. The summed E-state index contributed by atoms with van der Waals surface area (Å²) in [7, 11) is 0. The number of halogens is 3. The average molecular weight is 315 g/mol. The number of fused-ring (bicyclic) bond motifs is 1. The molecule has 21 heavy (non-hydrogen) atoms. The fourth-order valence-corrected chi connectivity index (χ4v) is 2.81. The van der Waals surface area contributed by atoms with Crippen molar-refractivity contribution in [2.75, 3.05) is 13.1 Å². The van der Waals surface area contributed by atoms with Gasteiger partial charge in [-0.05, 0) is 12.1 Å². The van der Waals surface area contributed by atoms with E-state index in [2.05, 4.69) is 10.3 Å². The van der Waals surface area contributed by atoms with Crippen LogP contribution in [0.25, 0.3) is 10.9 Å². The molecule has 1 aliphatic rings. The number of β-amino-alcohol motifs (C(OH)–C–C–N with tert-alkyl or cyclic N) is 1. The number of carbonyl (C=O) groups is 1. The topological polar surface area (TPSA) is 65.1 Å². The molecule has 2 atom stereocenters. The van der Waals surface area contributed by atoms with Gasteiger partial charge in [-0.2, -0.15) is 0 Å². The van der Waals surface area contributed by atoms with Gasteiger partial charge in [0.2, 0.25) is 0 Å². The van der Waals surface area contributed by atoms with Crippen molar-refractivity contribution in [3.05, 3.63) is 34.5 Å². The minimum absolute atomic E-state index is 0.0784. The Labute approximate surface area is 124 Å². The molecule has 3 N–H and O–H groups in total. The van der Waals surface area contributed by atoms with Crippen LogP contribution < -0.4 is 5.32 Å². The summed E-state index contributed by atoms with van der Waals surface area (Å²) in [5.74, 6) is -2.66. The van der Waals surface area contributed by atoms with Crippen molar-refractivity contribution < 1.29 is 18.7 Å². The van der Waals surface area contributed by atoms with Gasteiger partial charge in [-0.15, -0.1) is 0 Å². The van der Waals surface area contributed by atoms with Crippen molar-refractivity contribution in [2.45, 2.75) is 12.5 Å². The zero-order valence-electron chi connectivity index (χ0n) is 10.9. The predicted octanol–water partition coefficient (Wildman–Crippen LogP) is 2.25. The highest BCUT2D eigenvalue weighted by Crippen LogP contribution is 2.28. The summed E-state index contributed by atoms with van der Waals surface area (Å²) in [6, 6.07) is 2.72. The zero-order chi connectivity index (χ0) is 15.1. The Morgan fingerprint density at radius 1 is 1.33 bits per heavy atom. The number of ketones is 1. The van der Waals surface area contributed by atoms with Crippen molar-refractivity contribution in [1.29, 1.82) is 0 Å². The lowest BCUT2D eigenvalue weighted by Crippen LogP contribution is -2.21. The van der Waals surface area contributed by atoms with E-state index in [0.717, 1.165) is 0 Å². The molecule has 0 unspecified atom stereocenters. The first-order valence-electron chi connectivity index (χ1n) is 6.55. The summed E-state index contributed by atoms with van der Waals surface area (Å²) in [4.78, 5) is 14.8. The number of aliphatic hydroxyl groups excluding tert-OH is 1. The van der Waals surface area contributed by atoms with E-state index in [4.69, 9.17) is 11.6 Å². The monoisotopic (exact) mass is 314 g/mol. The Balaban J connectivity index is 1.90. The number of rotatable bonds is 3. The van der Waals surface area contributed by atoms with Crippen LogP contribution in [0.2, 0.25) is 5.02 Å². The molecule has 0 aliphatic carbocycles. The third-order valence-corrected chi connectivity index (χ3v) is 4.08. The molecule has 4 nitrogen and oxygen atoms in total. The van der Waals surface area contributed by atoms with Gasteiger partial charge in [0.05, 0.1) is 22.3 Å². The smallest absolute Gasteiger partial charge is 0.184 e. The Bertz CT molecular complexity index is 717. The molecule has 2 heterocycles. The number of nitrogens with one attached hydrogen (secondary N) is 2. The van der Waals surface area contributed by atoms with Crippen LogP contribution in [-0.4, -0.2) is 35.1 Å². The van der Waals surface area contributed by atoms with Crippen LogP contribution in [0, 0.1) is 17.6 Å². The average Bonchev–Trinajstić information content (AvgIpc) is 3.03. The Morgan fingerprint density at radius 2 is 2.10 bits per heavy atom. The molecular weight excluding hydrogens is 302 g/mol. The largest absolute Gasteiger partial charge is 0.391 e. The molecule has 1 aromatic carbocycles. The molecule has 3 rings (SSSR count). The number of hydrogen-bond donors (Lipinski definition) is 3. The third-order valence-electron chi connectivity index (χ3n) is 3.80. The maximum absolute atomic E-state index is 13.8. The number of benzene rings is 1. The van der Waals surface area contributed by atoms with Crippen molar-refractivity contribution >= 4 is 28.3 Å². The molecule has 1 aromatic heterocycles. The van der Waals surface area contributed by atoms with Crippen LogP contribution in [0.5, 0.6) is 0 Å². The summed E-state index contributed by atoms with van der Waals surface area (Å²) in [5, 5.41) is 12.7. The quantitative estimate of drug-likeness (QED) is 0.601. The summed E-state index contributed by atoms with van der Waals surface area (Å²) < 4.78 is 27.1. The highest BCUT2D eigenvalue weighted by atomic mass is 35.5. The number of Topliss-reactive ketones (excluding diaryl/α,β-unsaturated/α-hetero) is 1. The molecule has 7 heteroatoms. The summed E-state index contributed by atoms with van der Waals surface area (Å²) in [5.41, 5.74) is 0.106. The third kappa shape index (κ3) is 2.54. The highest BCUT2D eigenvalue weighted by Gasteiger charge is 2.28. The lowest BCUT2D eigenvalue weighted by molar-refractivity contribution is 0.0890. The number of aromatic amines is 1. The number of aliphatic hydroxyl groups is 1. The number of H-pyrrole nitrogens is 1. The van der Waals surface area contributed by atoms with Gasteiger partial charge in [-0.3, -0.25) is 4.79 Å². The summed E-state index contributed by atoms with van der Waals surface area (Å²) in [6.07, 6.45) is -0.430. The van der Waals surface area contributed by atoms with Gasteiger partial charge in [0.1, 0.15) is 0 Å². The van der Waals surface area contributed by atoms with Crippen LogP contribution in [0.1, 0.15) is 16.9 Å². The fourth-order valence-electron chi connectivity index (χ4n) is 2.61. The van der Waals surface area contributed by atoms with E-state index in [0.29, 0.717) is 18.5 Å². The maximum Gasteiger partial charge on any atom is 0.184 e. The molecule has 2 aromatic rings. The minimum atomic E-state index is -1.14. The van der Waals surface area contributed by atoms with Crippen LogP contribution in [-0.2, 0) is 0 Å². The van der Waals surface area contributed by atoms with E-state index in [1.165, 1.54) is 12.1 Å². The molecule has 0 spiro atoms. The van der Waals surface area contributed by atoms with Crippen LogP contribution >= 0.6 is 11.6 Å². The van der Waals surface area contributed by atoms with E-state index >= 15 is 0 Å². The normalized spacial score (nSPS) is 22.1. The van der Waals surface area contributed by atoms with Gasteiger partial charge < -0.3 is 15.4 Å². The Hall–Kier alpha value is -1.50. The van der Waals surface area contributed by atoms with Gasteiger partial charge in [0.15, 0.2) is 17.4 Å². The van der Waals surface area contributed by atoms with Gasteiger partial charge >= 0.3 is 0 Å². The van der Waals surface area contributed by atoms with E-state index < -0.39 is 17.7 Å². The molecule has 0 radical (unpaired) electrons. The zero-order valence-corrected chi connectivity index (χ0v) is 11.7. The van der Waals surface area contributed by atoms with Crippen molar-refractivity contribution in [3.8, 4) is 0 Å². The molecule has 1 fully saturated rings. The second kappa shape index (κ2) is 5.36. The Kier molecular flexibility index (Phi) is 3.69. The molecular formula is C14H13ClF2N2O2. The number of aromatic nitrogens is 1. The van der Waals surface area contributed by atoms with Gasteiger partial charge in [-0.1, -0.05) is 11.6 Å². The van der Waals surface area contributed by atoms with E-state index in [1.54, 1.807) is 0 Å². The van der Waals surface area contributed by atoms with E-state index in [-0.39, 0.29) is 34.4 Å². The molecule has 0 amide bonds. The standard InChI is InChI=1S/C14H13ClF2N2O2/c15-8-1-6-2-9(19-14(6)13(17)12(8)16)10(20)3-7-4-18-5-11(7)21/h1-2,7,11,18-19,21H,3-5H2/t7-,11+/m0/s1. The molecule has 1 saturated heterocycles. The molecule has 1 aliphatic heterocycles. The van der Waals surface area contributed by atoms with Crippen molar-refractivity contribution in [2.24, 2.45) is 5.92 Å². The van der Waals surface area contributed by atoms with E-state index in [1.807, 2.05) is 0 Å². The first-order chi connectivity index (χ1) is 9.97. The second-order valence-electron chi connectivity index (χ2n) is 5.25. The first kappa shape index (κ1) is 14.4. The van der Waals surface area contributed by atoms with Crippen LogP contribution in [0.3, 0.4) is 0 Å². The van der Waals surface area contributed by atoms with Gasteiger partial charge in [0, 0.05) is 30.8 Å².